The normalized spacial score (nSPS) is 14.1. The number of para-hydroxylation sites is 3. The van der Waals surface area contributed by atoms with Crippen molar-refractivity contribution in [2.75, 3.05) is 14.7 Å². The molecule has 4 nitrogen and oxygen atoms in total. The summed E-state index contributed by atoms with van der Waals surface area (Å²) in [6.07, 6.45) is 0. The first-order valence-corrected chi connectivity index (χ1v) is 25.0. The highest BCUT2D eigenvalue weighted by atomic mass is 32.2. The number of fused-ring (bicyclic) bond motifs is 8. The van der Waals surface area contributed by atoms with Crippen LogP contribution in [0, 0.1) is 0 Å². The summed E-state index contributed by atoms with van der Waals surface area (Å²) in [5.74, 6) is 0. The van der Waals surface area contributed by atoms with Gasteiger partial charge in [-0.25, -0.2) is 0 Å². The second-order valence-electron chi connectivity index (χ2n) is 21.9. The molecule has 0 saturated carbocycles. The van der Waals surface area contributed by atoms with E-state index in [9.17, 15) is 0 Å². The first-order valence-electron chi connectivity index (χ1n) is 24.1. The Balaban J connectivity index is 1.22. The molecule has 1 aromatic heterocycles. The van der Waals surface area contributed by atoms with E-state index in [1.54, 1.807) is 0 Å². The van der Waals surface area contributed by atoms with E-state index in [0.717, 1.165) is 22.7 Å². The first kappa shape index (κ1) is 42.5. The van der Waals surface area contributed by atoms with Gasteiger partial charge in [0.15, 0.2) is 0 Å². The highest BCUT2D eigenvalue weighted by Crippen LogP contribution is 2.55. The Labute approximate surface area is 407 Å². The van der Waals surface area contributed by atoms with Crippen molar-refractivity contribution in [2.45, 2.75) is 88.3 Å². The molecule has 0 aliphatic carbocycles. The van der Waals surface area contributed by atoms with Crippen molar-refractivity contribution in [1.82, 2.24) is 4.57 Å². The zero-order valence-electron chi connectivity index (χ0n) is 40.6. The van der Waals surface area contributed by atoms with E-state index in [1.165, 1.54) is 88.0 Å². The lowest BCUT2D eigenvalue weighted by molar-refractivity contribution is 0.590. The molecular formula is C62H57BN4S. The van der Waals surface area contributed by atoms with Gasteiger partial charge in [0, 0.05) is 60.6 Å². The van der Waals surface area contributed by atoms with Gasteiger partial charge in [-0.3, -0.25) is 0 Å². The molecule has 334 valence electrons. The number of nitrogens with zero attached hydrogens (tertiary/aromatic N) is 4. The van der Waals surface area contributed by atoms with Gasteiger partial charge in [-0.15, -0.1) is 0 Å². The van der Waals surface area contributed by atoms with Crippen LogP contribution in [-0.4, -0.2) is 11.3 Å². The maximum Gasteiger partial charge on any atom is 0.273 e. The molecule has 0 unspecified atom stereocenters. The molecule has 8 aromatic carbocycles. The number of hydrogen-bond acceptors (Lipinski definition) is 4. The van der Waals surface area contributed by atoms with Crippen molar-refractivity contribution in [3.05, 3.63) is 199 Å². The molecule has 0 N–H and O–H groups in total. The van der Waals surface area contributed by atoms with E-state index in [1.807, 2.05) is 11.8 Å². The standard InChI is InChI=1S/C62H57BN4S/c1-60(2,3)40-27-32-45(33-28-40)64-49-36-31-42(62(7,8)9)37-48(49)63-57-51(64)24-18-25-52(57)66(46-34-29-41(30-35-46)61(4,5)6)58-47-38-54-56(39-53(47)67(59(58)63)44-21-14-11-15-22-44)68-55-26-17-16-23-50(55)65(54)43-19-12-10-13-20-43/h10-39H,1-9H3. The molecular weight excluding hydrogens is 844 g/mol. The summed E-state index contributed by atoms with van der Waals surface area (Å²) in [6, 6.07) is 68.8. The van der Waals surface area contributed by atoms with E-state index in [0.29, 0.717) is 0 Å². The van der Waals surface area contributed by atoms with Crippen molar-refractivity contribution >= 4 is 97.1 Å². The van der Waals surface area contributed by atoms with E-state index in [4.69, 9.17) is 0 Å². The fraction of sp³-hybridized carbons (Fsp3) is 0.194. The van der Waals surface area contributed by atoms with Crippen LogP contribution in [-0.2, 0) is 16.2 Å². The van der Waals surface area contributed by atoms with Crippen LogP contribution in [0.5, 0.6) is 0 Å². The summed E-state index contributed by atoms with van der Waals surface area (Å²) >= 11 is 1.87. The summed E-state index contributed by atoms with van der Waals surface area (Å²) in [6.45, 7) is 20.7. The molecule has 0 spiro atoms. The minimum Gasteiger partial charge on any atom is -0.319 e. The SMILES string of the molecule is CC(C)(C)c1ccc(N2c3ccc(C(C)(C)C)cc3B3c4c2cccc4N(c2ccc(C(C)(C)C)cc2)c2c3n(-c3ccccc3)c3cc4c(cc23)N(c2ccccc2)c2ccccc2S4)cc1. The summed E-state index contributed by atoms with van der Waals surface area (Å²) < 4.78 is 2.61. The minimum atomic E-state index is -0.0941. The van der Waals surface area contributed by atoms with Crippen molar-refractivity contribution in [3.63, 3.8) is 0 Å². The molecule has 0 atom stereocenters. The van der Waals surface area contributed by atoms with E-state index in [-0.39, 0.29) is 23.0 Å². The summed E-state index contributed by atoms with van der Waals surface area (Å²) in [4.78, 5) is 10.1. The van der Waals surface area contributed by atoms with Crippen molar-refractivity contribution in [2.24, 2.45) is 0 Å². The highest BCUT2D eigenvalue weighted by Gasteiger charge is 2.47. The fourth-order valence-corrected chi connectivity index (χ4v) is 12.0. The van der Waals surface area contributed by atoms with Crippen molar-refractivity contribution < 1.29 is 0 Å². The van der Waals surface area contributed by atoms with Gasteiger partial charge in [-0.1, -0.05) is 165 Å². The molecule has 3 aliphatic heterocycles. The number of hydrogen-bond donors (Lipinski definition) is 0. The molecule has 3 aliphatic rings. The van der Waals surface area contributed by atoms with Crippen LogP contribution in [0.2, 0.25) is 0 Å². The Bertz CT molecular complexity index is 3430. The maximum absolute atomic E-state index is 2.61. The Kier molecular flexibility index (Phi) is 9.57. The fourth-order valence-electron chi connectivity index (χ4n) is 10.9. The van der Waals surface area contributed by atoms with Gasteiger partial charge in [0.2, 0.25) is 0 Å². The monoisotopic (exact) mass is 900 g/mol. The average molecular weight is 901 g/mol. The Morgan fingerprint density at radius 3 is 1.50 bits per heavy atom. The van der Waals surface area contributed by atoms with Gasteiger partial charge in [-0.05, 0) is 135 Å². The van der Waals surface area contributed by atoms with E-state index < -0.39 is 0 Å². The zero-order chi connectivity index (χ0) is 46.9. The van der Waals surface area contributed by atoms with Crippen LogP contribution in [0.15, 0.2) is 192 Å². The molecule has 0 fully saturated rings. The molecule has 6 heteroatoms. The lowest BCUT2D eigenvalue weighted by Gasteiger charge is -2.44. The third kappa shape index (κ3) is 6.66. The second kappa shape index (κ2) is 15.3. The van der Waals surface area contributed by atoms with Gasteiger partial charge >= 0.3 is 0 Å². The third-order valence-electron chi connectivity index (χ3n) is 14.4. The molecule has 0 radical (unpaired) electrons. The Hall–Kier alpha value is -6.89. The minimum absolute atomic E-state index is 0.0113. The number of rotatable bonds is 4. The molecule has 9 aromatic rings. The molecule has 0 bridgehead atoms. The Morgan fingerprint density at radius 2 is 0.882 bits per heavy atom. The van der Waals surface area contributed by atoms with Crippen LogP contribution in [0.1, 0.15) is 79.0 Å². The topological polar surface area (TPSA) is 14.7 Å². The Morgan fingerprint density at radius 1 is 0.382 bits per heavy atom. The third-order valence-corrected chi connectivity index (χ3v) is 15.5. The average Bonchev–Trinajstić information content (AvgIpc) is 3.65. The predicted molar refractivity (Wildman–Crippen MR) is 292 cm³/mol. The lowest BCUT2D eigenvalue weighted by Crippen LogP contribution is -2.63. The van der Waals surface area contributed by atoms with Crippen molar-refractivity contribution in [3.8, 4) is 5.69 Å². The molecule has 0 amide bonds. The van der Waals surface area contributed by atoms with Crippen LogP contribution >= 0.6 is 11.8 Å². The molecule has 68 heavy (non-hydrogen) atoms. The summed E-state index contributed by atoms with van der Waals surface area (Å²) in [7, 11) is 0. The number of anilines is 9. The van der Waals surface area contributed by atoms with Gasteiger partial charge < -0.3 is 19.3 Å². The molecule has 12 rings (SSSR count). The predicted octanol–water partition coefficient (Wildman–Crippen LogP) is 15.5. The van der Waals surface area contributed by atoms with Crippen LogP contribution in [0.25, 0.3) is 16.6 Å². The molecule has 4 heterocycles. The lowest BCUT2D eigenvalue weighted by atomic mass is 9.34. The quantitative estimate of drug-likeness (QED) is 0.163. The number of benzene rings is 8. The van der Waals surface area contributed by atoms with Gasteiger partial charge in [0.25, 0.3) is 6.71 Å². The largest absolute Gasteiger partial charge is 0.319 e. The molecule has 0 saturated heterocycles. The van der Waals surface area contributed by atoms with Crippen LogP contribution in [0.4, 0.5) is 51.2 Å². The van der Waals surface area contributed by atoms with Gasteiger partial charge in [-0.2, -0.15) is 0 Å². The van der Waals surface area contributed by atoms with E-state index >= 15 is 0 Å². The maximum atomic E-state index is 2.61. The zero-order valence-corrected chi connectivity index (χ0v) is 41.4. The smallest absolute Gasteiger partial charge is 0.273 e. The number of aromatic nitrogens is 1. The van der Waals surface area contributed by atoms with Crippen LogP contribution in [0.3, 0.4) is 0 Å². The van der Waals surface area contributed by atoms with E-state index in [2.05, 4.69) is 264 Å². The van der Waals surface area contributed by atoms with Crippen LogP contribution < -0.4 is 31.2 Å². The van der Waals surface area contributed by atoms with Crippen molar-refractivity contribution in [1.29, 1.82) is 0 Å². The summed E-state index contributed by atoms with van der Waals surface area (Å²) in [5.41, 5.74) is 20.9. The van der Waals surface area contributed by atoms with Gasteiger partial charge in [0.05, 0.1) is 22.6 Å². The highest BCUT2D eigenvalue weighted by molar-refractivity contribution is 7.99. The second-order valence-corrected chi connectivity index (χ2v) is 23.0. The summed E-state index contributed by atoms with van der Waals surface area (Å²) in [5, 5.41) is 1.22. The first-order chi connectivity index (χ1) is 32.6. The van der Waals surface area contributed by atoms with Gasteiger partial charge in [0.1, 0.15) is 0 Å².